The van der Waals surface area contributed by atoms with Crippen LogP contribution in [-0.4, -0.2) is 26.3 Å². The van der Waals surface area contributed by atoms with Gasteiger partial charge >= 0.3 is 0 Å². The van der Waals surface area contributed by atoms with E-state index in [0.29, 0.717) is 6.04 Å². The highest BCUT2D eigenvalue weighted by Crippen LogP contribution is 2.23. The van der Waals surface area contributed by atoms with Gasteiger partial charge in [0.15, 0.2) is 0 Å². The summed E-state index contributed by atoms with van der Waals surface area (Å²) in [6.45, 7) is 8.55. The molecular weight excluding hydrogens is 234 g/mol. The lowest BCUT2D eigenvalue weighted by Crippen LogP contribution is -2.30. The number of likely N-dealkylation sites (N-methyl/N-ethyl adjacent to an activating group) is 1. The summed E-state index contributed by atoms with van der Waals surface area (Å²) in [4.78, 5) is 0. The fraction of sp³-hybridized carbons (Fsp3) is 0.647. The molecule has 1 heterocycles. The average molecular weight is 261 g/mol. The van der Waals surface area contributed by atoms with Crippen molar-refractivity contribution >= 4 is 0 Å². The molecule has 0 amide bonds. The Morgan fingerprint density at radius 1 is 1.26 bits per heavy atom. The maximum absolute atomic E-state index is 5.49. The predicted octanol–water partition coefficient (Wildman–Crippen LogP) is 3.17. The lowest BCUT2D eigenvalue weighted by Gasteiger charge is -2.22. The molecule has 1 saturated heterocycles. The third-order valence-corrected chi connectivity index (χ3v) is 4.34. The molecule has 2 atom stereocenters. The molecule has 0 spiro atoms. The van der Waals surface area contributed by atoms with E-state index in [1.165, 1.54) is 35.1 Å². The van der Waals surface area contributed by atoms with E-state index < -0.39 is 0 Å². The van der Waals surface area contributed by atoms with E-state index in [-0.39, 0.29) is 0 Å². The average Bonchev–Trinajstić information content (AvgIpc) is 2.84. The van der Waals surface area contributed by atoms with Crippen LogP contribution in [0.4, 0.5) is 0 Å². The molecule has 0 bridgehead atoms. The van der Waals surface area contributed by atoms with Gasteiger partial charge in [0.1, 0.15) is 0 Å². The second kappa shape index (κ2) is 6.53. The Hall–Kier alpha value is -0.860. The van der Waals surface area contributed by atoms with Gasteiger partial charge < -0.3 is 10.1 Å². The lowest BCUT2D eigenvalue weighted by atomic mass is 9.90. The number of aryl methyl sites for hydroxylation is 3. The van der Waals surface area contributed by atoms with Gasteiger partial charge in [0, 0.05) is 19.3 Å². The summed E-state index contributed by atoms with van der Waals surface area (Å²) in [6.07, 6.45) is 3.58. The van der Waals surface area contributed by atoms with Crippen molar-refractivity contribution in [1.82, 2.24) is 5.32 Å². The Bertz CT molecular complexity index is 398. The number of hydrogen-bond donors (Lipinski definition) is 1. The maximum Gasteiger partial charge on any atom is 0.0495 e. The topological polar surface area (TPSA) is 21.3 Å². The van der Waals surface area contributed by atoms with Crippen LogP contribution in [0.1, 0.15) is 35.1 Å². The van der Waals surface area contributed by atoms with Crippen LogP contribution in [0.2, 0.25) is 0 Å². The summed E-state index contributed by atoms with van der Waals surface area (Å²) in [5.74, 6) is 0.739. The zero-order valence-electron chi connectivity index (χ0n) is 12.8. The van der Waals surface area contributed by atoms with Gasteiger partial charge in [-0.3, -0.25) is 0 Å². The molecule has 0 radical (unpaired) electrons. The van der Waals surface area contributed by atoms with Crippen LogP contribution in [0.25, 0.3) is 0 Å². The highest BCUT2D eigenvalue weighted by atomic mass is 16.5. The largest absolute Gasteiger partial charge is 0.381 e. The standard InChI is InChI=1S/C17H27NO/c1-12-7-13(2)17(14(3)8-12)10-16(18-4)9-15-5-6-19-11-15/h7-8,15-16,18H,5-6,9-11H2,1-4H3. The highest BCUT2D eigenvalue weighted by Gasteiger charge is 2.21. The molecule has 1 aromatic rings. The van der Waals surface area contributed by atoms with Gasteiger partial charge in [0.2, 0.25) is 0 Å². The summed E-state index contributed by atoms with van der Waals surface area (Å²) in [6, 6.07) is 5.16. The van der Waals surface area contributed by atoms with Crippen molar-refractivity contribution in [2.75, 3.05) is 20.3 Å². The van der Waals surface area contributed by atoms with Gasteiger partial charge in [-0.1, -0.05) is 17.7 Å². The molecule has 1 aromatic carbocycles. The smallest absolute Gasteiger partial charge is 0.0495 e. The minimum atomic E-state index is 0.562. The zero-order chi connectivity index (χ0) is 13.8. The van der Waals surface area contributed by atoms with Crippen LogP contribution >= 0.6 is 0 Å². The van der Waals surface area contributed by atoms with Crippen LogP contribution in [0, 0.1) is 26.7 Å². The van der Waals surface area contributed by atoms with Crippen LogP contribution in [0.3, 0.4) is 0 Å². The van der Waals surface area contributed by atoms with Crippen LogP contribution in [0.5, 0.6) is 0 Å². The Morgan fingerprint density at radius 3 is 2.47 bits per heavy atom. The van der Waals surface area contributed by atoms with Gasteiger partial charge in [-0.2, -0.15) is 0 Å². The Balaban J connectivity index is 2.05. The van der Waals surface area contributed by atoms with Crippen molar-refractivity contribution in [2.45, 2.75) is 46.1 Å². The molecule has 19 heavy (non-hydrogen) atoms. The first kappa shape index (κ1) is 14.5. The normalized spacial score (nSPS) is 20.7. The molecule has 0 aromatic heterocycles. The second-order valence-electron chi connectivity index (χ2n) is 6.03. The first-order valence-electron chi connectivity index (χ1n) is 7.42. The quantitative estimate of drug-likeness (QED) is 0.879. The van der Waals surface area contributed by atoms with E-state index in [1.54, 1.807) is 0 Å². The fourth-order valence-electron chi connectivity index (χ4n) is 3.25. The summed E-state index contributed by atoms with van der Waals surface area (Å²) in [5.41, 5.74) is 5.74. The van der Waals surface area contributed by atoms with E-state index in [4.69, 9.17) is 4.74 Å². The van der Waals surface area contributed by atoms with Crippen molar-refractivity contribution in [3.63, 3.8) is 0 Å². The number of hydrogen-bond acceptors (Lipinski definition) is 2. The van der Waals surface area contributed by atoms with Gasteiger partial charge in [-0.15, -0.1) is 0 Å². The van der Waals surface area contributed by atoms with Crippen molar-refractivity contribution in [3.8, 4) is 0 Å². The first-order chi connectivity index (χ1) is 9.10. The molecular formula is C17H27NO. The van der Waals surface area contributed by atoms with E-state index in [2.05, 4.69) is 45.3 Å². The summed E-state index contributed by atoms with van der Waals surface area (Å²) in [7, 11) is 2.08. The van der Waals surface area contributed by atoms with E-state index in [9.17, 15) is 0 Å². The van der Waals surface area contributed by atoms with Crippen molar-refractivity contribution in [3.05, 3.63) is 34.4 Å². The summed E-state index contributed by atoms with van der Waals surface area (Å²) >= 11 is 0. The molecule has 1 aliphatic rings. The second-order valence-corrected chi connectivity index (χ2v) is 6.03. The van der Waals surface area contributed by atoms with Gasteiger partial charge in [-0.25, -0.2) is 0 Å². The molecule has 2 heteroatoms. The monoisotopic (exact) mass is 261 g/mol. The van der Waals surface area contributed by atoms with Crippen molar-refractivity contribution in [2.24, 2.45) is 5.92 Å². The number of benzene rings is 1. The Morgan fingerprint density at radius 2 is 1.95 bits per heavy atom. The third-order valence-electron chi connectivity index (χ3n) is 4.34. The van der Waals surface area contributed by atoms with Gasteiger partial charge in [-0.05, 0) is 69.7 Å². The van der Waals surface area contributed by atoms with Crippen LogP contribution < -0.4 is 5.32 Å². The predicted molar refractivity (Wildman–Crippen MR) is 80.7 cm³/mol. The molecule has 1 fully saturated rings. The molecule has 0 aliphatic carbocycles. The molecule has 1 N–H and O–H groups in total. The maximum atomic E-state index is 5.49. The number of nitrogens with one attached hydrogen (secondary N) is 1. The zero-order valence-corrected chi connectivity index (χ0v) is 12.8. The van der Waals surface area contributed by atoms with Gasteiger partial charge in [0.25, 0.3) is 0 Å². The Labute approximate surface area is 117 Å². The van der Waals surface area contributed by atoms with Crippen molar-refractivity contribution in [1.29, 1.82) is 0 Å². The minimum absolute atomic E-state index is 0.562. The molecule has 2 unspecified atom stereocenters. The number of ether oxygens (including phenoxy) is 1. The van der Waals surface area contributed by atoms with Crippen molar-refractivity contribution < 1.29 is 4.74 Å². The summed E-state index contributed by atoms with van der Waals surface area (Å²) in [5, 5.41) is 3.49. The van der Waals surface area contributed by atoms with Gasteiger partial charge in [0.05, 0.1) is 0 Å². The van der Waals surface area contributed by atoms with E-state index >= 15 is 0 Å². The molecule has 2 rings (SSSR count). The van der Waals surface area contributed by atoms with Crippen LogP contribution in [0.15, 0.2) is 12.1 Å². The molecule has 1 aliphatic heterocycles. The molecule has 0 saturated carbocycles. The Kier molecular flexibility index (Phi) is 5.00. The highest BCUT2D eigenvalue weighted by molar-refractivity contribution is 5.38. The number of rotatable bonds is 5. The molecule has 106 valence electrons. The minimum Gasteiger partial charge on any atom is -0.381 e. The SMILES string of the molecule is CNC(Cc1c(C)cc(C)cc1C)CC1CCOC1. The van der Waals surface area contributed by atoms with Crippen LogP contribution in [-0.2, 0) is 11.2 Å². The van der Waals surface area contributed by atoms with E-state index in [1.807, 2.05) is 0 Å². The first-order valence-corrected chi connectivity index (χ1v) is 7.42. The molecule has 2 nitrogen and oxygen atoms in total. The fourth-order valence-corrected chi connectivity index (χ4v) is 3.25. The summed E-state index contributed by atoms with van der Waals surface area (Å²) < 4.78 is 5.49. The van der Waals surface area contributed by atoms with E-state index in [0.717, 1.165) is 25.6 Å². The lowest BCUT2D eigenvalue weighted by molar-refractivity contribution is 0.181. The third kappa shape index (κ3) is 3.80.